The second-order valence-corrected chi connectivity index (χ2v) is 7.18. The molecule has 2 heterocycles. The highest BCUT2D eigenvalue weighted by Crippen LogP contribution is 2.24. The number of carbonyl (C=O) groups is 1. The highest BCUT2D eigenvalue weighted by atomic mass is 32.2. The van der Waals surface area contributed by atoms with Gasteiger partial charge >= 0.3 is 0 Å². The first-order valence-electron chi connectivity index (χ1n) is 6.75. The topological polar surface area (TPSA) is 77.4 Å². The van der Waals surface area contributed by atoms with E-state index in [-0.39, 0.29) is 11.7 Å². The van der Waals surface area contributed by atoms with E-state index < -0.39 is 15.9 Å². The zero-order chi connectivity index (χ0) is 15.9. The van der Waals surface area contributed by atoms with Crippen LogP contribution in [0.5, 0.6) is 5.75 Å². The van der Waals surface area contributed by atoms with Gasteiger partial charge in [-0.05, 0) is 24.3 Å². The van der Waals surface area contributed by atoms with Gasteiger partial charge in [0.2, 0.25) is 0 Å². The number of aryl methyl sites for hydroxylation is 1. The van der Waals surface area contributed by atoms with E-state index in [1.54, 1.807) is 24.8 Å². The third-order valence-corrected chi connectivity index (χ3v) is 5.13. The molecule has 0 spiro atoms. The number of sulfone groups is 1. The van der Waals surface area contributed by atoms with Crippen molar-refractivity contribution in [2.75, 3.05) is 12.9 Å². The zero-order valence-corrected chi connectivity index (χ0v) is 13.1. The predicted molar refractivity (Wildman–Crippen MR) is 83.7 cm³/mol. The van der Waals surface area contributed by atoms with Crippen LogP contribution >= 0.6 is 0 Å². The SMILES string of the molecule is COc1ccc2cc(C(=O)N[C@H]3C=CS(=O)(=O)C3)n(C)c2c1. The minimum Gasteiger partial charge on any atom is -0.497 e. The number of aromatic nitrogens is 1. The molecule has 0 bridgehead atoms. The van der Waals surface area contributed by atoms with Gasteiger partial charge < -0.3 is 14.6 Å². The summed E-state index contributed by atoms with van der Waals surface area (Å²) in [6.07, 6.45) is 1.50. The van der Waals surface area contributed by atoms with Crippen molar-refractivity contribution in [1.82, 2.24) is 9.88 Å². The van der Waals surface area contributed by atoms with Gasteiger partial charge in [-0.15, -0.1) is 0 Å². The lowest BCUT2D eigenvalue weighted by atomic mass is 10.2. The Hall–Kier alpha value is -2.28. The molecule has 6 nitrogen and oxygen atoms in total. The fourth-order valence-electron chi connectivity index (χ4n) is 2.56. The normalized spacial score (nSPS) is 19.5. The Morgan fingerprint density at radius 2 is 2.14 bits per heavy atom. The lowest BCUT2D eigenvalue weighted by Crippen LogP contribution is -2.36. The number of methoxy groups -OCH3 is 1. The van der Waals surface area contributed by atoms with Crippen molar-refractivity contribution in [1.29, 1.82) is 0 Å². The first-order valence-corrected chi connectivity index (χ1v) is 8.46. The van der Waals surface area contributed by atoms with Crippen LogP contribution in [-0.2, 0) is 16.9 Å². The minimum absolute atomic E-state index is 0.0868. The van der Waals surface area contributed by atoms with Gasteiger partial charge in [0, 0.05) is 23.9 Å². The van der Waals surface area contributed by atoms with Gasteiger partial charge in [-0.3, -0.25) is 4.79 Å². The summed E-state index contributed by atoms with van der Waals surface area (Å²) < 4.78 is 29.7. The molecule has 1 aromatic carbocycles. The maximum atomic E-state index is 12.4. The molecule has 1 aromatic heterocycles. The Bertz CT molecular complexity index is 880. The Morgan fingerprint density at radius 3 is 2.77 bits per heavy atom. The molecule has 0 aliphatic carbocycles. The highest BCUT2D eigenvalue weighted by Gasteiger charge is 2.24. The van der Waals surface area contributed by atoms with Crippen LogP contribution < -0.4 is 10.1 Å². The second kappa shape index (κ2) is 5.17. The lowest BCUT2D eigenvalue weighted by molar-refractivity contribution is 0.0940. The van der Waals surface area contributed by atoms with Crippen LogP contribution in [-0.4, -0.2) is 37.8 Å². The monoisotopic (exact) mass is 320 g/mol. The summed E-state index contributed by atoms with van der Waals surface area (Å²) in [5.41, 5.74) is 1.35. The number of nitrogens with one attached hydrogen (secondary N) is 1. The summed E-state index contributed by atoms with van der Waals surface area (Å²) >= 11 is 0. The molecule has 0 saturated heterocycles. The van der Waals surface area contributed by atoms with Crippen molar-refractivity contribution < 1.29 is 17.9 Å². The number of hydrogen-bond acceptors (Lipinski definition) is 4. The quantitative estimate of drug-likeness (QED) is 0.922. The van der Waals surface area contributed by atoms with E-state index in [1.807, 2.05) is 18.2 Å². The van der Waals surface area contributed by atoms with E-state index in [2.05, 4.69) is 5.32 Å². The Kier molecular flexibility index (Phi) is 3.44. The van der Waals surface area contributed by atoms with E-state index >= 15 is 0 Å². The Balaban J connectivity index is 1.88. The van der Waals surface area contributed by atoms with E-state index in [0.29, 0.717) is 11.4 Å². The molecule has 2 aromatic rings. The molecule has 1 amide bonds. The highest BCUT2D eigenvalue weighted by molar-refractivity contribution is 7.94. The van der Waals surface area contributed by atoms with Crippen LogP contribution in [0.3, 0.4) is 0 Å². The second-order valence-electron chi connectivity index (χ2n) is 5.25. The third-order valence-electron chi connectivity index (χ3n) is 3.73. The molecular formula is C15H16N2O4S. The fourth-order valence-corrected chi connectivity index (χ4v) is 3.80. The molecule has 0 saturated carbocycles. The van der Waals surface area contributed by atoms with Gasteiger partial charge in [-0.1, -0.05) is 0 Å². The standard InChI is InChI=1S/C15H16N2O4S/c1-17-13-8-12(21-2)4-3-10(13)7-14(17)15(18)16-11-5-6-22(19,20)9-11/h3-8,11H,9H2,1-2H3,(H,16,18)/t11-/m0/s1. The predicted octanol–water partition coefficient (Wildman–Crippen LogP) is 1.23. The van der Waals surface area contributed by atoms with Gasteiger partial charge in [0.05, 0.1) is 24.4 Å². The number of nitrogens with zero attached hydrogens (tertiary/aromatic N) is 1. The number of rotatable bonds is 3. The zero-order valence-electron chi connectivity index (χ0n) is 12.2. The van der Waals surface area contributed by atoms with Crippen molar-refractivity contribution in [3.05, 3.63) is 41.4 Å². The fraction of sp³-hybridized carbons (Fsp3) is 0.267. The van der Waals surface area contributed by atoms with Crippen LogP contribution in [0.2, 0.25) is 0 Å². The molecule has 116 valence electrons. The van der Waals surface area contributed by atoms with Crippen LogP contribution in [0.4, 0.5) is 0 Å². The van der Waals surface area contributed by atoms with Crippen LogP contribution in [0.15, 0.2) is 35.7 Å². The largest absolute Gasteiger partial charge is 0.497 e. The van der Waals surface area contributed by atoms with Gasteiger partial charge in [0.15, 0.2) is 9.84 Å². The molecule has 0 radical (unpaired) electrons. The van der Waals surface area contributed by atoms with Crippen LogP contribution in [0.25, 0.3) is 10.9 Å². The van der Waals surface area contributed by atoms with Crippen molar-refractivity contribution in [2.24, 2.45) is 7.05 Å². The first kappa shape index (κ1) is 14.6. The van der Waals surface area contributed by atoms with E-state index in [9.17, 15) is 13.2 Å². The van der Waals surface area contributed by atoms with Gasteiger partial charge in [-0.25, -0.2) is 8.42 Å². The number of hydrogen-bond donors (Lipinski definition) is 1. The van der Waals surface area contributed by atoms with Crippen molar-refractivity contribution in [3.63, 3.8) is 0 Å². The molecule has 0 unspecified atom stereocenters. The smallest absolute Gasteiger partial charge is 0.268 e. The van der Waals surface area contributed by atoms with Crippen molar-refractivity contribution in [3.8, 4) is 5.75 Å². The van der Waals surface area contributed by atoms with Crippen LogP contribution in [0.1, 0.15) is 10.5 Å². The average Bonchev–Trinajstić information content (AvgIpc) is 2.98. The van der Waals surface area contributed by atoms with Crippen molar-refractivity contribution >= 4 is 26.6 Å². The molecule has 1 aliphatic rings. The molecule has 1 atom stereocenters. The minimum atomic E-state index is -3.19. The summed E-state index contributed by atoms with van der Waals surface area (Å²) in [6, 6.07) is 6.86. The number of benzene rings is 1. The summed E-state index contributed by atoms with van der Waals surface area (Å²) in [4.78, 5) is 12.4. The number of ether oxygens (including phenoxy) is 1. The average molecular weight is 320 g/mol. The van der Waals surface area contributed by atoms with E-state index in [1.165, 1.54) is 6.08 Å². The summed E-state index contributed by atoms with van der Waals surface area (Å²) in [5, 5.41) is 4.79. The Labute approximate surface area is 128 Å². The summed E-state index contributed by atoms with van der Waals surface area (Å²) in [7, 11) is 0.192. The van der Waals surface area contributed by atoms with Crippen molar-refractivity contribution in [2.45, 2.75) is 6.04 Å². The van der Waals surface area contributed by atoms with Crippen LogP contribution in [0, 0.1) is 0 Å². The molecule has 7 heteroatoms. The molecule has 3 rings (SSSR count). The number of amides is 1. The Morgan fingerprint density at radius 1 is 1.36 bits per heavy atom. The molecule has 0 fully saturated rings. The first-order chi connectivity index (χ1) is 10.4. The van der Waals surface area contributed by atoms with E-state index in [4.69, 9.17) is 4.74 Å². The maximum Gasteiger partial charge on any atom is 0.268 e. The molecule has 1 aliphatic heterocycles. The van der Waals surface area contributed by atoms with Gasteiger partial charge in [0.1, 0.15) is 11.4 Å². The molecule has 1 N–H and O–H groups in total. The maximum absolute atomic E-state index is 12.4. The summed E-state index contributed by atoms with van der Waals surface area (Å²) in [5.74, 6) is 0.325. The lowest BCUT2D eigenvalue weighted by Gasteiger charge is -2.10. The number of fused-ring (bicyclic) bond motifs is 1. The third kappa shape index (κ3) is 2.59. The van der Waals surface area contributed by atoms with Gasteiger partial charge in [-0.2, -0.15) is 0 Å². The summed E-state index contributed by atoms with van der Waals surface area (Å²) in [6.45, 7) is 0. The van der Waals surface area contributed by atoms with Gasteiger partial charge in [0.25, 0.3) is 5.91 Å². The molecule has 22 heavy (non-hydrogen) atoms. The molecular weight excluding hydrogens is 304 g/mol. The van der Waals surface area contributed by atoms with E-state index in [0.717, 1.165) is 16.3 Å². The number of carbonyl (C=O) groups excluding carboxylic acids is 1.